The smallest absolute Gasteiger partial charge is 0.341 e. The molecule has 2 aliphatic heterocycles. The number of piperidine rings is 2. The van der Waals surface area contributed by atoms with Gasteiger partial charge < -0.3 is 9.80 Å². The van der Waals surface area contributed by atoms with Gasteiger partial charge in [-0.3, -0.25) is 4.79 Å². The summed E-state index contributed by atoms with van der Waals surface area (Å²) in [4.78, 5) is 16.2. The summed E-state index contributed by atoms with van der Waals surface area (Å²) >= 11 is 0. The number of para-hydroxylation sites is 1. The molecule has 0 bridgehead atoms. The molecule has 2 saturated heterocycles. The van der Waals surface area contributed by atoms with Crippen LogP contribution in [-0.4, -0.2) is 51.2 Å². The molecule has 150 valence electrons. The second-order valence-corrected chi connectivity index (χ2v) is 9.45. The molecule has 27 heavy (non-hydrogen) atoms. The lowest BCUT2D eigenvalue weighted by Crippen LogP contribution is -2.46. The third-order valence-corrected chi connectivity index (χ3v) is 6.99. The lowest BCUT2D eigenvalue weighted by Gasteiger charge is -2.38. The summed E-state index contributed by atoms with van der Waals surface area (Å²) in [6.45, 7) is 4.72. The first-order valence-corrected chi connectivity index (χ1v) is 11.0. The molecule has 3 rings (SSSR count). The quantitative estimate of drug-likeness (QED) is 0.779. The number of carbonyl (C=O) groups is 1. The summed E-state index contributed by atoms with van der Waals surface area (Å²) in [5, 5.41) is 0. The molecule has 1 aromatic rings. The van der Waals surface area contributed by atoms with Crippen molar-refractivity contribution in [2.24, 2.45) is 11.8 Å². The Bertz CT molecular complexity index is 777. The number of rotatable bonds is 4. The standard InChI is InChI=1S/C19H26F2N2O3S/c1-14-5-4-10-23(13-14)18(24)15-8-11-22(12-9-15)16-6-2-3-7-17(16)27(25,26)19(20)21/h2-3,6-7,14-15,19H,4-5,8-13H2,1H3. The number of hydrogen-bond donors (Lipinski definition) is 0. The molecule has 0 spiro atoms. The normalized spacial score (nSPS) is 22.3. The number of alkyl halides is 2. The number of nitrogens with zero attached hydrogens (tertiary/aromatic N) is 2. The Labute approximate surface area is 159 Å². The topological polar surface area (TPSA) is 57.7 Å². The number of sulfone groups is 1. The van der Waals surface area contributed by atoms with Crippen LogP contribution in [0.5, 0.6) is 0 Å². The van der Waals surface area contributed by atoms with E-state index in [-0.39, 0.29) is 16.7 Å². The van der Waals surface area contributed by atoms with Gasteiger partial charge in [-0.15, -0.1) is 0 Å². The zero-order valence-corrected chi connectivity index (χ0v) is 16.3. The van der Waals surface area contributed by atoms with Crippen LogP contribution >= 0.6 is 0 Å². The summed E-state index contributed by atoms with van der Waals surface area (Å²) < 4.78 is 49.9. The van der Waals surface area contributed by atoms with Gasteiger partial charge in [0.1, 0.15) is 0 Å². The number of benzene rings is 1. The predicted molar refractivity (Wildman–Crippen MR) is 99.5 cm³/mol. The van der Waals surface area contributed by atoms with Gasteiger partial charge in [0, 0.05) is 32.1 Å². The van der Waals surface area contributed by atoms with E-state index in [0.29, 0.717) is 37.5 Å². The summed E-state index contributed by atoms with van der Waals surface area (Å²) in [5.74, 6) is -2.83. The van der Waals surface area contributed by atoms with Gasteiger partial charge in [0.15, 0.2) is 0 Å². The molecule has 2 heterocycles. The molecule has 8 heteroatoms. The Kier molecular flexibility index (Phi) is 6.03. The van der Waals surface area contributed by atoms with Gasteiger partial charge in [0.2, 0.25) is 15.7 Å². The van der Waals surface area contributed by atoms with E-state index < -0.39 is 15.6 Å². The van der Waals surface area contributed by atoms with E-state index in [0.717, 1.165) is 25.9 Å². The number of likely N-dealkylation sites (tertiary alicyclic amines) is 1. The average Bonchev–Trinajstić information content (AvgIpc) is 2.67. The number of halogens is 2. The van der Waals surface area contributed by atoms with Crippen molar-refractivity contribution < 1.29 is 22.0 Å². The van der Waals surface area contributed by atoms with Crippen LogP contribution in [0.1, 0.15) is 32.6 Å². The van der Waals surface area contributed by atoms with Crippen molar-refractivity contribution in [3.8, 4) is 0 Å². The van der Waals surface area contributed by atoms with Gasteiger partial charge in [-0.2, -0.15) is 8.78 Å². The van der Waals surface area contributed by atoms with Crippen LogP contribution in [-0.2, 0) is 14.6 Å². The van der Waals surface area contributed by atoms with Gasteiger partial charge in [0.25, 0.3) is 0 Å². The van der Waals surface area contributed by atoms with E-state index in [1.54, 1.807) is 17.0 Å². The van der Waals surface area contributed by atoms with Crippen molar-refractivity contribution in [1.29, 1.82) is 0 Å². The minimum atomic E-state index is -4.66. The third kappa shape index (κ3) is 4.25. The minimum absolute atomic E-state index is 0.0783. The van der Waals surface area contributed by atoms with Crippen LogP contribution in [0.2, 0.25) is 0 Å². The number of hydrogen-bond acceptors (Lipinski definition) is 4. The Morgan fingerprint density at radius 2 is 1.78 bits per heavy atom. The first-order valence-electron chi connectivity index (χ1n) is 9.45. The van der Waals surface area contributed by atoms with Crippen LogP contribution in [0.25, 0.3) is 0 Å². The van der Waals surface area contributed by atoms with Crippen LogP contribution in [0.4, 0.5) is 14.5 Å². The molecule has 2 fully saturated rings. The third-order valence-electron chi connectivity index (χ3n) is 5.56. The molecule has 1 aromatic carbocycles. The van der Waals surface area contributed by atoms with Crippen LogP contribution in [0.15, 0.2) is 29.2 Å². The van der Waals surface area contributed by atoms with Crippen molar-refractivity contribution in [2.45, 2.75) is 43.3 Å². The number of amides is 1. The van der Waals surface area contributed by atoms with Gasteiger partial charge in [0.05, 0.1) is 10.6 Å². The van der Waals surface area contributed by atoms with Crippen molar-refractivity contribution >= 4 is 21.4 Å². The average molecular weight is 400 g/mol. The lowest BCUT2D eigenvalue weighted by molar-refractivity contribution is -0.137. The fourth-order valence-electron chi connectivity index (χ4n) is 4.07. The molecule has 0 aliphatic carbocycles. The minimum Gasteiger partial charge on any atom is -0.370 e. The highest BCUT2D eigenvalue weighted by Crippen LogP contribution is 2.32. The van der Waals surface area contributed by atoms with Crippen LogP contribution in [0.3, 0.4) is 0 Å². The second-order valence-electron chi connectivity index (χ2n) is 7.57. The van der Waals surface area contributed by atoms with Gasteiger partial charge in [-0.05, 0) is 43.7 Å². The molecule has 0 saturated carbocycles. The molecule has 2 aliphatic rings. The van der Waals surface area contributed by atoms with Crippen molar-refractivity contribution in [1.82, 2.24) is 4.90 Å². The highest BCUT2D eigenvalue weighted by molar-refractivity contribution is 7.91. The van der Waals surface area contributed by atoms with Crippen molar-refractivity contribution in [3.63, 3.8) is 0 Å². The Balaban J connectivity index is 1.69. The van der Waals surface area contributed by atoms with Crippen molar-refractivity contribution in [3.05, 3.63) is 24.3 Å². The maximum Gasteiger partial charge on any atom is 0.341 e. The fraction of sp³-hybridized carbons (Fsp3) is 0.632. The SMILES string of the molecule is CC1CCCN(C(=O)C2CCN(c3ccccc3S(=O)(=O)C(F)F)CC2)C1. The van der Waals surface area contributed by atoms with E-state index in [1.807, 2.05) is 4.90 Å². The molecule has 1 atom stereocenters. The molecule has 0 aromatic heterocycles. The van der Waals surface area contributed by atoms with Gasteiger partial charge in [-0.1, -0.05) is 19.1 Å². The fourth-order valence-corrected chi connectivity index (χ4v) is 5.02. The van der Waals surface area contributed by atoms with Gasteiger partial charge >= 0.3 is 5.76 Å². The predicted octanol–water partition coefficient (Wildman–Crippen LogP) is 3.16. The Morgan fingerprint density at radius 3 is 2.41 bits per heavy atom. The number of carbonyl (C=O) groups excluding carboxylic acids is 1. The first kappa shape index (κ1) is 20.0. The summed E-state index contributed by atoms with van der Waals surface area (Å²) in [6, 6.07) is 5.88. The van der Waals surface area contributed by atoms with Gasteiger partial charge in [-0.25, -0.2) is 8.42 Å². The van der Waals surface area contributed by atoms with Crippen molar-refractivity contribution in [2.75, 3.05) is 31.1 Å². The first-order chi connectivity index (χ1) is 12.8. The Hall–Kier alpha value is -1.70. The molecular formula is C19H26F2N2O3S. The molecule has 5 nitrogen and oxygen atoms in total. The largest absolute Gasteiger partial charge is 0.370 e. The van der Waals surface area contributed by atoms with E-state index in [1.165, 1.54) is 12.1 Å². The zero-order chi connectivity index (χ0) is 19.6. The van der Waals surface area contributed by atoms with E-state index >= 15 is 0 Å². The monoisotopic (exact) mass is 400 g/mol. The number of anilines is 1. The highest BCUT2D eigenvalue weighted by atomic mass is 32.2. The summed E-state index contributed by atoms with van der Waals surface area (Å²) in [6.07, 6.45) is 3.39. The molecule has 0 N–H and O–H groups in total. The van der Waals surface area contributed by atoms with Crippen LogP contribution < -0.4 is 4.90 Å². The zero-order valence-electron chi connectivity index (χ0n) is 15.5. The molecule has 1 amide bonds. The molecule has 0 radical (unpaired) electrons. The van der Waals surface area contributed by atoms with E-state index in [9.17, 15) is 22.0 Å². The van der Waals surface area contributed by atoms with Crippen LogP contribution in [0, 0.1) is 11.8 Å². The summed E-state index contributed by atoms with van der Waals surface area (Å²) in [5.41, 5.74) is 0.301. The van der Waals surface area contributed by atoms with E-state index in [4.69, 9.17) is 0 Å². The highest BCUT2D eigenvalue weighted by Gasteiger charge is 2.34. The lowest BCUT2D eigenvalue weighted by atomic mass is 9.92. The Morgan fingerprint density at radius 1 is 1.11 bits per heavy atom. The molecule has 1 unspecified atom stereocenters. The molecular weight excluding hydrogens is 374 g/mol. The maximum absolute atomic E-state index is 13.0. The maximum atomic E-state index is 13.0. The summed E-state index contributed by atoms with van der Waals surface area (Å²) in [7, 11) is -4.66. The van der Waals surface area contributed by atoms with E-state index in [2.05, 4.69) is 6.92 Å². The second kappa shape index (κ2) is 8.12.